The maximum absolute atomic E-state index is 11.9. The Morgan fingerprint density at radius 1 is 1.36 bits per heavy atom. The minimum absolute atomic E-state index is 0.159. The fourth-order valence-corrected chi connectivity index (χ4v) is 2.71. The number of carbonyl (C=O) groups excluding carboxylic acids is 1. The Hall–Kier alpha value is -1.72. The topological polar surface area (TPSA) is 54.4 Å². The van der Waals surface area contributed by atoms with E-state index in [0.29, 0.717) is 5.02 Å². The lowest BCUT2D eigenvalue weighted by Crippen LogP contribution is -2.22. The highest BCUT2D eigenvalue weighted by Crippen LogP contribution is 2.12. The number of rotatable bonds is 6. The summed E-state index contributed by atoms with van der Waals surface area (Å²) in [6.45, 7) is 4.00. The molecule has 1 aromatic heterocycles. The molecule has 0 aliphatic rings. The Morgan fingerprint density at radius 2 is 2.09 bits per heavy atom. The van der Waals surface area contributed by atoms with Crippen molar-refractivity contribution < 1.29 is 4.79 Å². The molecular formula is C16H18ClN3OS. The standard InChI is InChI=1S/C16H18ClN3OS/c1-3-4-15(12-5-7-13(17)8-6-12)19-20-16(21)9-14-10-22-11(2)18-14/h5-8,10H,3-4,9H2,1-2H3,(H,20,21)/b19-15-. The molecule has 1 heterocycles. The normalized spacial score (nSPS) is 11.5. The molecule has 1 N–H and O–H groups in total. The van der Waals surface area contributed by atoms with Crippen LogP contribution in [-0.2, 0) is 11.2 Å². The average molecular weight is 336 g/mol. The van der Waals surface area contributed by atoms with Gasteiger partial charge >= 0.3 is 0 Å². The van der Waals surface area contributed by atoms with Crippen LogP contribution in [0.4, 0.5) is 0 Å². The Labute approximate surface area is 139 Å². The van der Waals surface area contributed by atoms with E-state index in [1.54, 1.807) is 0 Å². The molecule has 6 heteroatoms. The summed E-state index contributed by atoms with van der Waals surface area (Å²) < 4.78 is 0. The van der Waals surface area contributed by atoms with Gasteiger partial charge in [-0.3, -0.25) is 4.79 Å². The number of carbonyl (C=O) groups is 1. The smallest absolute Gasteiger partial charge is 0.246 e. The highest BCUT2D eigenvalue weighted by Gasteiger charge is 2.07. The first kappa shape index (κ1) is 16.6. The third kappa shape index (κ3) is 4.93. The number of halogens is 1. The summed E-state index contributed by atoms with van der Waals surface area (Å²) in [7, 11) is 0. The maximum atomic E-state index is 11.9. The molecule has 0 saturated heterocycles. The molecule has 0 aliphatic carbocycles. The minimum atomic E-state index is -0.159. The number of benzene rings is 1. The molecule has 0 saturated carbocycles. The SMILES string of the molecule is CCC/C(=N/NC(=O)Cc1csc(C)n1)c1ccc(Cl)cc1. The molecule has 22 heavy (non-hydrogen) atoms. The van der Waals surface area contributed by atoms with E-state index in [0.717, 1.165) is 34.8 Å². The molecule has 2 aromatic rings. The average Bonchev–Trinajstić information content (AvgIpc) is 2.89. The molecule has 0 spiro atoms. The van der Waals surface area contributed by atoms with Crippen LogP contribution >= 0.6 is 22.9 Å². The van der Waals surface area contributed by atoms with Gasteiger partial charge in [-0.1, -0.05) is 37.1 Å². The second-order valence-electron chi connectivity index (χ2n) is 4.89. The van der Waals surface area contributed by atoms with Gasteiger partial charge in [0, 0.05) is 10.4 Å². The number of thiazole rings is 1. The summed E-state index contributed by atoms with van der Waals surface area (Å²) >= 11 is 7.44. The van der Waals surface area contributed by atoms with Crippen LogP contribution in [0.5, 0.6) is 0 Å². The fourth-order valence-electron chi connectivity index (χ4n) is 1.97. The van der Waals surface area contributed by atoms with Crippen molar-refractivity contribution in [2.45, 2.75) is 33.1 Å². The number of amides is 1. The zero-order valence-corrected chi connectivity index (χ0v) is 14.2. The van der Waals surface area contributed by atoms with E-state index in [4.69, 9.17) is 11.6 Å². The van der Waals surface area contributed by atoms with E-state index in [1.807, 2.05) is 36.6 Å². The van der Waals surface area contributed by atoms with Crippen LogP contribution < -0.4 is 5.43 Å². The Kier molecular flexibility index (Phi) is 6.10. The molecule has 0 aliphatic heterocycles. The molecule has 2 rings (SSSR count). The summed E-state index contributed by atoms with van der Waals surface area (Å²) in [6.07, 6.45) is 1.98. The predicted molar refractivity (Wildman–Crippen MR) is 91.6 cm³/mol. The number of aryl methyl sites for hydroxylation is 1. The highest BCUT2D eigenvalue weighted by atomic mass is 35.5. The number of nitrogens with zero attached hydrogens (tertiary/aromatic N) is 2. The van der Waals surface area contributed by atoms with Crippen LogP contribution in [0.1, 0.15) is 36.0 Å². The van der Waals surface area contributed by atoms with E-state index in [9.17, 15) is 4.79 Å². The zero-order valence-electron chi connectivity index (χ0n) is 12.6. The summed E-state index contributed by atoms with van der Waals surface area (Å²) in [5.41, 5.74) is 5.21. The van der Waals surface area contributed by atoms with Crippen molar-refractivity contribution in [2.75, 3.05) is 0 Å². The second kappa shape index (κ2) is 8.06. The van der Waals surface area contributed by atoms with Gasteiger partial charge in [-0.25, -0.2) is 10.4 Å². The van der Waals surface area contributed by atoms with E-state index >= 15 is 0 Å². The van der Waals surface area contributed by atoms with Gasteiger partial charge in [0.2, 0.25) is 5.91 Å². The predicted octanol–water partition coefficient (Wildman–Crippen LogP) is 3.97. The van der Waals surface area contributed by atoms with Gasteiger partial charge in [0.1, 0.15) is 0 Å². The molecule has 1 amide bonds. The van der Waals surface area contributed by atoms with Crippen LogP contribution in [0.3, 0.4) is 0 Å². The first-order valence-electron chi connectivity index (χ1n) is 7.11. The molecular weight excluding hydrogens is 318 g/mol. The van der Waals surface area contributed by atoms with Crippen LogP contribution in [0, 0.1) is 6.92 Å². The van der Waals surface area contributed by atoms with E-state index in [-0.39, 0.29) is 12.3 Å². The number of aromatic nitrogens is 1. The van der Waals surface area contributed by atoms with Crippen LogP contribution in [0.25, 0.3) is 0 Å². The van der Waals surface area contributed by atoms with Gasteiger partial charge in [-0.2, -0.15) is 5.10 Å². The lowest BCUT2D eigenvalue weighted by Gasteiger charge is -2.06. The van der Waals surface area contributed by atoms with Crippen molar-refractivity contribution in [1.82, 2.24) is 10.4 Å². The van der Waals surface area contributed by atoms with Gasteiger partial charge in [0.05, 0.1) is 22.8 Å². The van der Waals surface area contributed by atoms with Crippen LogP contribution in [0.15, 0.2) is 34.7 Å². The first-order valence-corrected chi connectivity index (χ1v) is 8.36. The number of hydrogen-bond donors (Lipinski definition) is 1. The number of nitrogens with one attached hydrogen (secondary N) is 1. The zero-order chi connectivity index (χ0) is 15.9. The quantitative estimate of drug-likeness (QED) is 0.641. The lowest BCUT2D eigenvalue weighted by molar-refractivity contribution is -0.120. The fraction of sp³-hybridized carbons (Fsp3) is 0.312. The molecule has 0 radical (unpaired) electrons. The lowest BCUT2D eigenvalue weighted by atomic mass is 10.1. The minimum Gasteiger partial charge on any atom is -0.273 e. The molecule has 116 valence electrons. The second-order valence-corrected chi connectivity index (χ2v) is 6.38. The van der Waals surface area contributed by atoms with E-state index in [1.165, 1.54) is 11.3 Å². The van der Waals surface area contributed by atoms with Crippen LogP contribution in [-0.4, -0.2) is 16.6 Å². The van der Waals surface area contributed by atoms with Gasteiger partial charge in [-0.05, 0) is 31.0 Å². The largest absolute Gasteiger partial charge is 0.273 e. The van der Waals surface area contributed by atoms with Gasteiger partial charge < -0.3 is 0 Å². The van der Waals surface area contributed by atoms with Crippen molar-refractivity contribution in [3.63, 3.8) is 0 Å². The highest BCUT2D eigenvalue weighted by molar-refractivity contribution is 7.09. The first-order chi connectivity index (χ1) is 10.6. The maximum Gasteiger partial charge on any atom is 0.246 e. The molecule has 1 aromatic carbocycles. The third-order valence-electron chi connectivity index (χ3n) is 2.99. The molecule has 0 fully saturated rings. The Morgan fingerprint density at radius 3 is 2.68 bits per heavy atom. The van der Waals surface area contributed by atoms with Crippen molar-refractivity contribution >= 4 is 34.6 Å². The summed E-state index contributed by atoms with van der Waals surface area (Å²) in [5, 5.41) is 7.80. The molecule has 0 atom stereocenters. The Balaban J connectivity index is 2.03. The molecule has 4 nitrogen and oxygen atoms in total. The summed E-state index contributed by atoms with van der Waals surface area (Å²) in [5.74, 6) is -0.159. The van der Waals surface area contributed by atoms with Crippen molar-refractivity contribution in [1.29, 1.82) is 0 Å². The van der Waals surface area contributed by atoms with E-state index in [2.05, 4.69) is 22.4 Å². The number of hydrogen-bond acceptors (Lipinski definition) is 4. The summed E-state index contributed by atoms with van der Waals surface area (Å²) in [4.78, 5) is 16.2. The van der Waals surface area contributed by atoms with E-state index < -0.39 is 0 Å². The van der Waals surface area contributed by atoms with Crippen molar-refractivity contribution in [2.24, 2.45) is 5.10 Å². The Bertz CT molecular complexity index is 664. The monoisotopic (exact) mass is 335 g/mol. The molecule has 0 bridgehead atoms. The van der Waals surface area contributed by atoms with Crippen LogP contribution in [0.2, 0.25) is 5.02 Å². The van der Waals surface area contributed by atoms with Gasteiger partial charge in [-0.15, -0.1) is 11.3 Å². The van der Waals surface area contributed by atoms with Crippen molar-refractivity contribution in [3.8, 4) is 0 Å². The molecule has 0 unspecified atom stereocenters. The summed E-state index contributed by atoms with van der Waals surface area (Å²) in [6, 6.07) is 7.46. The third-order valence-corrected chi connectivity index (χ3v) is 4.06. The van der Waals surface area contributed by atoms with Crippen molar-refractivity contribution in [3.05, 3.63) is 50.9 Å². The van der Waals surface area contributed by atoms with Gasteiger partial charge in [0.25, 0.3) is 0 Å². The van der Waals surface area contributed by atoms with Gasteiger partial charge in [0.15, 0.2) is 0 Å². The number of hydrazone groups is 1.